The quantitative estimate of drug-likeness (QED) is 0.324. The van der Waals surface area contributed by atoms with Crippen molar-refractivity contribution in [3.05, 3.63) is 40.4 Å². The number of nitriles is 1. The Balaban J connectivity index is 2.05. The predicted molar refractivity (Wildman–Crippen MR) is 116 cm³/mol. The average Bonchev–Trinajstić information content (AvgIpc) is 2.66. The lowest BCUT2D eigenvalue weighted by molar-refractivity contribution is 0.210. The number of halogens is 1. The van der Waals surface area contributed by atoms with Gasteiger partial charge in [0.1, 0.15) is 10.6 Å². The van der Waals surface area contributed by atoms with Gasteiger partial charge >= 0.3 is 0 Å². The summed E-state index contributed by atoms with van der Waals surface area (Å²) in [5, 5.41) is 33.4. The van der Waals surface area contributed by atoms with Crippen LogP contribution in [0.1, 0.15) is 24.8 Å². The SMILES string of the molecule is COCCNc1cc(C2(C#N)CCC2)cc(NS(=O)(=O)c2cc(Br)ccc2O)c1O. The molecule has 1 aliphatic rings. The second-order valence-corrected chi connectivity index (χ2v) is 9.67. The van der Waals surface area contributed by atoms with Gasteiger partial charge in [-0.3, -0.25) is 4.72 Å². The fourth-order valence-electron chi connectivity index (χ4n) is 3.31. The van der Waals surface area contributed by atoms with Crippen molar-refractivity contribution >= 4 is 37.3 Å². The van der Waals surface area contributed by atoms with E-state index < -0.39 is 21.2 Å². The zero-order valence-corrected chi connectivity index (χ0v) is 18.7. The minimum absolute atomic E-state index is 0.0756. The van der Waals surface area contributed by atoms with Crippen LogP contribution in [0.5, 0.6) is 11.5 Å². The molecule has 0 heterocycles. The number of rotatable bonds is 8. The Morgan fingerprint density at radius 1 is 1.23 bits per heavy atom. The van der Waals surface area contributed by atoms with Crippen LogP contribution in [0.4, 0.5) is 11.4 Å². The highest BCUT2D eigenvalue weighted by Gasteiger charge is 2.40. The highest BCUT2D eigenvalue weighted by Crippen LogP contribution is 2.47. The number of ether oxygens (including phenoxy) is 1. The number of hydrogen-bond donors (Lipinski definition) is 4. The van der Waals surface area contributed by atoms with E-state index >= 15 is 0 Å². The number of nitrogens with one attached hydrogen (secondary N) is 2. The molecule has 0 radical (unpaired) electrons. The van der Waals surface area contributed by atoms with Crippen LogP contribution in [-0.4, -0.2) is 38.9 Å². The lowest BCUT2D eigenvalue weighted by Crippen LogP contribution is -2.32. The second-order valence-electron chi connectivity index (χ2n) is 7.10. The second kappa shape index (κ2) is 8.71. The summed E-state index contributed by atoms with van der Waals surface area (Å²) in [6.07, 6.45) is 2.21. The normalized spacial score (nSPS) is 15.1. The third-order valence-electron chi connectivity index (χ3n) is 5.16. The maximum atomic E-state index is 12.9. The summed E-state index contributed by atoms with van der Waals surface area (Å²) in [5.41, 5.74) is 0.115. The predicted octanol–water partition coefficient (Wildman–Crippen LogP) is 3.66. The molecule has 0 spiro atoms. The van der Waals surface area contributed by atoms with Crippen molar-refractivity contribution in [3.8, 4) is 17.6 Å². The fraction of sp³-hybridized carbons (Fsp3) is 0.350. The van der Waals surface area contributed by atoms with Gasteiger partial charge in [0.2, 0.25) is 0 Å². The molecule has 0 bridgehead atoms. The van der Waals surface area contributed by atoms with Gasteiger partial charge in [-0.1, -0.05) is 15.9 Å². The van der Waals surface area contributed by atoms with Crippen molar-refractivity contribution in [2.45, 2.75) is 29.6 Å². The monoisotopic (exact) mass is 495 g/mol. The number of benzene rings is 2. The van der Waals surface area contributed by atoms with Gasteiger partial charge in [0, 0.05) is 18.1 Å². The van der Waals surface area contributed by atoms with Gasteiger partial charge in [0.15, 0.2) is 5.75 Å². The van der Waals surface area contributed by atoms with Gasteiger partial charge in [-0.05, 0) is 55.2 Å². The zero-order valence-electron chi connectivity index (χ0n) is 16.3. The van der Waals surface area contributed by atoms with Crippen molar-refractivity contribution in [2.24, 2.45) is 0 Å². The molecule has 0 unspecified atom stereocenters. The van der Waals surface area contributed by atoms with Gasteiger partial charge < -0.3 is 20.3 Å². The van der Waals surface area contributed by atoms with Crippen molar-refractivity contribution < 1.29 is 23.4 Å². The Morgan fingerprint density at radius 2 is 1.93 bits per heavy atom. The first-order valence-electron chi connectivity index (χ1n) is 9.25. The molecule has 8 nitrogen and oxygen atoms in total. The molecule has 0 amide bonds. The molecule has 0 saturated heterocycles. The number of phenolic OH excluding ortho intramolecular Hbond substituents is 2. The zero-order chi connectivity index (χ0) is 21.9. The molecule has 0 atom stereocenters. The number of phenols is 2. The molecule has 1 saturated carbocycles. The number of aromatic hydroxyl groups is 2. The lowest BCUT2D eigenvalue weighted by Gasteiger charge is -2.36. The van der Waals surface area contributed by atoms with Gasteiger partial charge in [0.25, 0.3) is 10.0 Å². The highest BCUT2D eigenvalue weighted by atomic mass is 79.9. The Morgan fingerprint density at radius 3 is 2.53 bits per heavy atom. The third kappa shape index (κ3) is 4.33. The first kappa shape index (κ1) is 22.2. The van der Waals surface area contributed by atoms with Crippen LogP contribution in [0.2, 0.25) is 0 Å². The summed E-state index contributed by atoms with van der Waals surface area (Å²) in [6, 6.07) is 9.50. The fourth-order valence-corrected chi connectivity index (χ4v) is 5.00. The van der Waals surface area contributed by atoms with Gasteiger partial charge in [0.05, 0.1) is 29.5 Å². The van der Waals surface area contributed by atoms with Crippen LogP contribution in [0, 0.1) is 11.3 Å². The van der Waals surface area contributed by atoms with Crippen LogP contribution in [0.25, 0.3) is 0 Å². The van der Waals surface area contributed by atoms with Crippen molar-refractivity contribution in [3.63, 3.8) is 0 Å². The van der Waals surface area contributed by atoms with Gasteiger partial charge in [-0.15, -0.1) is 0 Å². The summed E-state index contributed by atoms with van der Waals surface area (Å²) in [6.45, 7) is 0.756. The first-order valence-corrected chi connectivity index (χ1v) is 11.5. The van der Waals surface area contributed by atoms with Crippen molar-refractivity contribution in [1.82, 2.24) is 0 Å². The van der Waals surface area contributed by atoms with Crippen LogP contribution in [0.3, 0.4) is 0 Å². The van der Waals surface area contributed by atoms with E-state index in [1.807, 2.05) is 0 Å². The first-order chi connectivity index (χ1) is 14.2. The number of sulfonamides is 1. The molecule has 30 heavy (non-hydrogen) atoms. The lowest BCUT2D eigenvalue weighted by atomic mass is 9.65. The third-order valence-corrected chi connectivity index (χ3v) is 7.05. The summed E-state index contributed by atoms with van der Waals surface area (Å²) < 4.78 is 33.6. The summed E-state index contributed by atoms with van der Waals surface area (Å²) in [5.74, 6) is -0.729. The molecular formula is C20H22BrN3O5S. The van der Waals surface area contributed by atoms with Crippen molar-refractivity contribution in [2.75, 3.05) is 30.3 Å². The molecule has 1 fully saturated rings. The summed E-state index contributed by atoms with van der Waals surface area (Å²) in [4.78, 5) is -0.339. The molecule has 160 valence electrons. The van der Waals surface area contributed by atoms with E-state index in [1.165, 1.54) is 24.3 Å². The largest absolute Gasteiger partial charge is 0.507 e. The van der Waals surface area contributed by atoms with Gasteiger partial charge in [-0.25, -0.2) is 8.42 Å². The Hall–Kier alpha value is -2.48. The number of hydrogen-bond acceptors (Lipinski definition) is 7. The number of nitrogens with zero attached hydrogens (tertiary/aromatic N) is 1. The standard InChI is InChI=1S/C20H22BrN3O5S/c1-29-8-7-23-15-9-13(20(12-22)5-2-6-20)10-16(19(15)26)24-30(27,28)18-11-14(21)3-4-17(18)25/h3-4,9-11,23-26H,2,5-8H2,1H3. The maximum absolute atomic E-state index is 12.9. The van der Waals surface area contributed by atoms with E-state index in [0.717, 1.165) is 6.42 Å². The van der Waals surface area contributed by atoms with E-state index in [4.69, 9.17) is 4.74 Å². The van der Waals surface area contributed by atoms with Crippen LogP contribution >= 0.6 is 15.9 Å². The molecule has 1 aliphatic carbocycles. The maximum Gasteiger partial charge on any atom is 0.265 e. The minimum Gasteiger partial charge on any atom is -0.507 e. The van der Waals surface area contributed by atoms with E-state index in [0.29, 0.717) is 41.7 Å². The topological polar surface area (TPSA) is 132 Å². The molecule has 2 aromatic carbocycles. The van der Waals surface area contributed by atoms with Gasteiger partial charge in [-0.2, -0.15) is 5.26 Å². The molecule has 0 aromatic heterocycles. The number of anilines is 2. The van der Waals surface area contributed by atoms with Crippen molar-refractivity contribution in [1.29, 1.82) is 5.26 Å². The van der Waals surface area contributed by atoms with Crippen LogP contribution in [0.15, 0.2) is 39.7 Å². The minimum atomic E-state index is -4.21. The average molecular weight is 496 g/mol. The Labute approximate surface area is 183 Å². The molecule has 0 aliphatic heterocycles. The molecule has 10 heteroatoms. The Kier molecular flexibility index (Phi) is 6.45. The van der Waals surface area contributed by atoms with E-state index in [1.54, 1.807) is 13.2 Å². The summed E-state index contributed by atoms with van der Waals surface area (Å²) >= 11 is 3.19. The van der Waals surface area contributed by atoms with E-state index in [9.17, 15) is 23.9 Å². The van der Waals surface area contributed by atoms with Crippen LogP contribution < -0.4 is 10.0 Å². The highest BCUT2D eigenvalue weighted by molar-refractivity contribution is 9.10. The molecule has 4 N–H and O–H groups in total. The number of methoxy groups -OCH3 is 1. The Bertz CT molecular complexity index is 1090. The van der Waals surface area contributed by atoms with E-state index in [2.05, 4.69) is 32.0 Å². The van der Waals surface area contributed by atoms with E-state index in [-0.39, 0.29) is 16.3 Å². The summed E-state index contributed by atoms with van der Waals surface area (Å²) in [7, 11) is -2.67. The smallest absolute Gasteiger partial charge is 0.265 e. The van der Waals surface area contributed by atoms with Crippen LogP contribution in [-0.2, 0) is 20.2 Å². The molecule has 3 rings (SSSR count). The molecule has 2 aromatic rings. The molecular weight excluding hydrogens is 474 g/mol.